The number of hydrogen-bond donors (Lipinski definition) is 1. The highest BCUT2D eigenvalue weighted by Gasteiger charge is 2.18. The summed E-state index contributed by atoms with van der Waals surface area (Å²) in [7, 11) is 2.03. The summed E-state index contributed by atoms with van der Waals surface area (Å²) < 4.78 is 5.87. The van der Waals surface area contributed by atoms with Gasteiger partial charge in [-0.3, -0.25) is 0 Å². The van der Waals surface area contributed by atoms with Gasteiger partial charge in [0.15, 0.2) is 0 Å². The highest BCUT2D eigenvalue weighted by molar-refractivity contribution is 5.10. The van der Waals surface area contributed by atoms with Crippen LogP contribution < -0.4 is 5.32 Å². The average Bonchev–Trinajstić information content (AvgIpc) is 2.88. The molecule has 0 aromatic carbocycles. The van der Waals surface area contributed by atoms with Crippen molar-refractivity contribution < 1.29 is 4.42 Å². The van der Waals surface area contributed by atoms with Crippen LogP contribution >= 0.6 is 0 Å². The summed E-state index contributed by atoms with van der Waals surface area (Å²) in [5.74, 6) is 2.99. The third-order valence-corrected chi connectivity index (χ3v) is 3.84. The lowest BCUT2D eigenvalue weighted by Crippen LogP contribution is -2.19. The molecule has 0 radical (unpaired) electrons. The number of aryl methyl sites for hydroxylation is 1. The molecule has 0 bridgehead atoms. The first-order chi connectivity index (χ1) is 8.74. The zero-order chi connectivity index (χ0) is 13.4. The van der Waals surface area contributed by atoms with Crippen molar-refractivity contribution in [1.82, 2.24) is 5.32 Å². The predicted octanol–water partition coefficient (Wildman–Crippen LogP) is 4.71. The monoisotopic (exact) mass is 251 g/mol. The summed E-state index contributed by atoms with van der Waals surface area (Å²) >= 11 is 0. The largest absolute Gasteiger partial charge is 0.464 e. The lowest BCUT2D eigenvalue weighted by molar-refractivity contribution is 0.323. The van der Waals surface area contributed by atoms with Gasteiger partial charge in [0.05, 0.1) is 6.04 Å². The van der Waals surface area contributed by atoms with E-state index in [-0.39, 0.29) is 0 Å². The van der Waals surface area contributed by atoms with Crippen LogP contribution in [0.1, 0.15) is 70.4 Å². The molecule has 0 saturated carbocycles. The van der Waals surface area contributed by atoms with E-state index in [1.807, 2.05) is 7.05 Å². The van der Waals surface area contributed by atoms with Crippen LogP contribution in [0.5, 0.6) is 0 Å². The Labute approximate surface area is 112 Å². The quantitative estimate of drug-likeness (QED) is 0.687. The van der Waals surface area contributed by atoms with E-state index >= 15 is 0 Å². The van der Waals surface area contributed by atoms with Gasteiger partial charge in [0.1, 0.15) is 11.5 Å². The van der Waals surface area contributed by atoms with Crippen LogP contribution in [0.2, 0.25) is 0 Å². The molecule has 104 valence electrons. The molecule has 0 aliphatic carbocycles. The van der Waals surface area contributed by atoms with Gasteiger partial charge >= 0.3 is 0 Å². The van der Waals surface area contributed by atoms with E-state index < -0.39 is 0 Å². The maximum atomic E-state index is 5.87. The van der Waals surface area contributed by atoms with E-state index in [4.69, 9.17) is 4.42 Å². The van der Waals surface area contributed by atoms with Crippen molar-refractivity contribution >= 4 is 0 Å². The topological polar surface area (TPSA) is 25.2 Å². The van der Waals surface area contributed by atoms with Gasteiger partial charge in [0.2, 0.25) is 0 Å². The number of hydrogen-bond acceptors (Lipinski definition) is 2. The minimum atomic E-state index is 0.368. The Bertz CT molecular complexity index is 319. The van der Waals surface area contributed by atoms with Crippen molar-refractivity contribution in [2.75, 3.05) is 7.05 Å². The second kappa shape index (κ2) is 8.36. The molecule has 0 aliphatic rings. The average molecular weight is 251 g/mol. The van der Waals surface area contributed by atoms with Gasteiger partial charge in [0.25, 0.3) is 0 Å². The normalized spacial score (nSPS) is 14.7. The maximum Gasteiger partial charge on any atom is 0.121 e. The van der Waals surface area contributed by atoms with E-state index in [9.17, 15) is 0 Å². The summed E-state index contributed by atoms with van der Waals surface area (Å²) in [6.07, 6.45) is 7.40. The summed E-state index contributed by atoms with van der Waals surface area (Å²) in [6, 6.07) is 4.60. The second-order valence-electron chi connectivity index (χ2n) is 5.15. The van der Waals surface area contributed by atoms with Crippen molar-refractivity contribution in [2.45, 2.75) is 65.3 Å². The highest BCUT2D eigenvalue weighted by Crippen LogP contribution is 2.27. The molecule has 0 spiro atoms. The predicted molar refractivity (Wildman–Crippen MR) is 77.8 cm³/mol. The van der Waals surface area contributed by atoms with E-state index in [1.165, 1.54) is 32.1 Å². The van der Waals surface area contributed by atoms with E-state index in [0.29, 0.717) is 6.04 Å². The zero-order valence-electron chi connectivity index (χ0n) is 12.5. The first kappa shape index (κ1) is 15.3. The fourth-order valence-electron chi connectivity index (χ4n) is 2.46. The van der Waals surface area contributed by atoms with Gasteiger partial charge in [-0.15, -0.1) is 0 Å². The Morgan fingerprint density at radius 3 is 2.50 bits per heavy atom. The van der Waals surface area contributed by atoms with E-state index in [0.717, 1.165) is 23.9 Å². The SMILES string of the molecule is CCCCC(CC)CC(NC)c1ccc(CC)o1. The third kappa shape index (κ3) is 4.49. The molecule has 2 nitrogen and oxygen atoms in total. The van der Waals surface area contributed by atoms with Crippen molar-refractivity contribution in [3.8, 4) is 0 Å². The molecular weight excluding hydrogens is 222 g/mol. The molecule has 2 atom stereocenters. The standard InChI is InChI=1S/C16H29NO/c1-5-8-9-13(6-2)12-15(17-4)16-11-10-14(7-3)18-16/h10-11,13,15,17H,5-9,12H2,1-4H3. The van der Waals surface area contributed by atoms with Crippen LogP contribution in [0.3, 0.4) is 0 Å². The van der Waals surface area contributed by atoms with Gasteiger partial charge in [-0.05, 0) is 31.5 Å². The number of rotatable bonds is 9. The van der Waals surface area contributed by atoms with Crippen molar-refractivity contribution in [3.05, 3.63) is 23.7 Å². The zero-order valence-corrected chi connectivity index (χ0v) is 12.5. The first-order valence-electron chi connectivity index (χ1n) is 7.50. The van der Waals surface area contributed by atoms with Gasteiger partial charge in [-0.2, -0.15) is 0 Å². The van der Waals surface area contributed by atoms with Gasteiger partial charge in [-0.25, -0.2) is 0 Å². The van der Waals surface area contributed by atoms with Crippen LogP contribution in [0.4, 0.5) is 0 Å². The Hall–Kier alpha value is -0.760. The Morgan fingerprint density at radius 2 is 2.00 bits per heavy atom. The van der Waals surface area contributed by atoms with Crippen LogP contribution in [0.25, 0.3) is 0 Å². The van der Waals surface area contributed by atoms with E-state index in [1.54, 1.807) is 0 Å². The van der Waals surface area contributed by atoms with Crippen molar-refractivity contribution in [2.24, 2.45) is 5.92 Å². The lowest BCUT2D eigenvalue weighted by Gasteiger charge is -2.21. The summed E-state index contributed by atoms with van der Waals surface area (Å²) in [5, 5.41) is 3.40. The molecule has 1 heterocycles. The Kier molecular flexibility index (Phi) is 7.11. The molecule has 0 amide bonds. The Balaban J connectivity index is 2.59. The minimum Gasteiger partial charge on any atom is -0.464 e. The summed E-state index contributed by atoms with van der Waals surface area (Å²) in [4.78, 5) is 0. The van der Waals surface area contributed by atoms with Gasteiger partial charge in [-0.1, -0.05) is 46.5 Å². The van der Waals surface area contributed by atoms with Crippen LogP contribution in [-0.2, 0) is 6.42 Å². The molecule has 0 aliphatic heterocycles. The van der Waals surface area contributed by atoms with Gasteiger partial charge < -0.3 is 9.73 Å². The highest BCUT2D eigenvalue weighted by atomic mass is 16.3. The van der Waals surface area contributed by atoms with Crippen molar-refractivity contribution in [3.63, 3.8) is 0 Å². The molecule has 2 heteroatoms. The van der Waals surface area contributed by atoms with Crippen molar-refractivity contribution in [1.29, 1.82) is 0 Å². The first-order valence-corrected chi connectivity index (χ1v) is 7.50. The molecule has 1 aromatic rings. The maximum absolute atomic E-state index is 5.87. The molecule has 18 heavy (non-hydrogen) atoms. The molecule has 0 saturated heterocycles. The molecular formula is C16H29NO. The number of unbranched alkanes of at least 4 members (excludes halogenated alkanes) is 1. The summed E-state index contributed by atoms with van der Waals surface area (Å²) in [5.41, 5.74) is 0. The molecule has 1 rings (SSSR count). The van der Waals surface area contributed by atoms with E-state index in [2.05, 4.69) is 38.2 Å². The smallest absolute Gasteiger partial charge is 0.121 e. The number of furan rings is 1. The number of nitrogens with one attached hydrogen (secondary N) is 1. The third-order valence-electron chi connectivity index (χ3n) is 3.84. The second-order valence-corrected chi connectivity index (χ2v) is 5.15. The molecule has 2 unspecified atom stereocenters. The van der Waals surface area contributed by atoms with Crippen LogP contribution in [0.15, 0.2) is 16.5 Å². The minimum absolute atomic E-state index is 0.368. The fourth-order valence-corrected chi connectivity index (χ4v) is 2.46. The lowest BCUT2D eigenvalue weighted by atomic mass is 9.91. The summed E-state index contributed by atoms with van der Waals surface area (Å²) in [6.45, 7) is 6.70. The Morgan fingerprint density at radius 1 is 1.22 bits per heavy atom. The van der Waals surface area contributed by atoms with Crippen LogP contribution in [-0.4, -0.2) is 7.05 Å². The molecule has 1 aromatic heterocycles. The van der Waals surface area contributed by atoms with Gasteiger partial charge in [0, 0.05) is 6.42 Å². The molecule has 1 N–H and O–H groups in total. The molecule has 0 fully saturated rings. The fraction of sp³-hybridized carbons (Fsp3) is 0.750. The van der Waals surface area contributed by atoms with Crippen LogP contribution in [0, 0.1) is 5.92 Å².